The first kappa shape index (κ1) is 22.9. The van der Waals surface area contributed by atoms with E-state index in [9.17, 15) is 13.2 Å². The van der Waals surface area contributed by atoms with Crippen molar-refractivity contribution in [3.8, 4) is 0 Å². The van der Waals surface area contributed by atoms with Gasteiger partial charge in [-0.2, -0.15) is 18.3 Å². The first-order valence-corrected chi connectivity index (χ1v) is 11.4. The smallest absolute Gasteiger partial charge is 0.354 e. The van der Waals surface area contributed by atoms with Crippen molar-refractivity contribution in [1.82, 2.24) is 15.0 Å². The fourth-order valence-electron chi connectivity index (χ4n) is 3.85. The Kier molecular flexibility index (Phi) is 6.15. The van der Waals surface area contributed by atoms with Crippen LogP contribution in [0.25, 0.3) is 10.9 Å². The van der Waals surface area contributed by atoms with E-state index in [1.165, 1.54) is 24.5 Å². The van der Waals surface area contributed by atoms with Crippen LogP contribution in [0.2, 0.25) is 0 Å². The van der Waals surface area contributed by atoms with E-state index < -0.39 is 11.7 Å². The van der Waals surface area contributed by atoms with Crippen LogP contribution in [0, 0.1) is 12.8 Å². The zero-order valence-electron chi connectivity index (χ0n) is 19.0. The van der Waals surface area contributed by atoms with E-state index in [4.69, 9.17) is 0 Å². The van der Waals surface area contributed by atoms with E-state index in [0.717, 1.165) is 41.1 Å². The molecule has 4 aromatic rings. The Morgan fingerprint density at radius 1 is 1.00 bits per heavy atom. The van der Waals surface area contributed by atoms with Gasteiger partial charge in [0.15, 0.2) is 0 Å². The zero-order chi connectivity index (χ0) is 24.4. The number of rotatable bonds is 7. The average molecular weight is 477 g/mol. The lowest BCUT2D eigenvalue weighted by Crippen LogP contribution is -2.05. The van der Waals surface area contributed by atoms with Crippen LogP contribution in [0.4, 0.5) is 30.5 Å². The van der Waals surface area contributed by atoms with Crippen LogP contribution in [-0.4, -0.2) is 15.0 Å². The van der Waals surface area contributed by atoms with Crippen LogP contribution in [0.3, 0.4) is 0 Å². The molecule has 2 aromatic carbocycles. The molecule has 1 aliphatic rings. The number of nitrogens with one attached hydrogen (secondary N) is 1. The quantitative estimate of drug-likeness (QED) is 0.283. The van der Waals surface area contributed by atoms with Gasteiger partial charge in [-0.1, -0.05) is 18.2 Å². The van der Waals surface area contributed by atoms with Crippen LogP contribution in [-0.2, 0) is 19.1 Å². The normalized spacial score (nSPS) is 14.1. The van der Waals surface area contributed by atoms with Gasteiger partial charge >= 0.3 is 6.18 Å². The number of benzene rings is 2. The molecular formula is C26H23F3N6. The summed E-state index contributed by atoms with van der Waals surface area (Å²) in [4.78, 5) is 13.3. The van der Waals surface area contributed by atoms with Crippen LogP contribution in [0.5, 0.6) is 0 Å². The third-order valence-electron chi connectivity index (χ3n) is 5.86. The van der Waals surface area contributed by atoms with Gasteiger partial charge < -0.3 is 5.32 Å². The average Bonchev–Trinajstić information content (AvgIpc) is 3.64. The molecule has 35 heavy (non-hydrogen) atoms. The molecule has 0 saturated heterocycles. The topological polar surface area (TPSA) is 75.4 Å². The molecule has 1 aliphatic carbocycles. The molecule has 0 bridgehead atoms. The summed E-state index contributed by atoms with van der Waals surface area (Å²) in [5, 5.41) is 12.3. The van der Waals surface area contributed by atoms with Crippen LogP contribution < -0.4 is 5.32 Å². The minimum atomic E-state index is -4.39. The number of aryl methyl sites for hydroxylation is 1. The number of alkyl halides is 3. The molecule has 2 aromatic heterocycles. The molecule has 1 saturated carbocycles. The van der Waals surface area contributed by atoms with Crippen molar-refractivity contribution in [3.05, 3.63) is 83.3 Å². The van der Waals surface area contributed by atoms with E-state index in [-0.39, 0.29) is 6.54 Å². The maximum Gasteiger partial charge on any atom is 0.416 e. The van der Waals surface area contributed by atoms with Gasteiger partial charge in [0.05, 0.1) is 34.4 Å². The highest BCUT2D eigenvalue weighted by atomic mass is 19.4. The lowest BCUT2D eigenvalue weighted by atomic mass is 10.1. The van der Waals surface area contributed by atoms with Crippen LogP contribution in [0.15, 0.2) is 71.0 Å². The van der Waals surface area contributed by atoms with Crippen molar-refractivity contribution in [1.29, 1.82) is 0 Å². The van der Waals surface area contributed by atoms with Gasteiger partial charge in [-0.05, 0) is 74.1 Å². The Morgan fingerprint density at radius 3 is 2.60 bits per heavy atom. The Labute approximate surface area is 200 Å². The van der Waals surface area contributed by atoms with Gasteiger partial charge in [0.2, 0.25) is 0 Å². The molecule has 0 aliphatic heterocycles. The molecular weight excluding hydrogens is 453 g/mol. The summed E-state index contributed by atoms with van der Waals surface area (Å²) in [6.45, 7) is 2.16. The van der Waals surface area contributed by atoms with Gasteiger partial charge in [0, 0.05) is 11.1 Å². The largest absolute Gasteiger partial charge is 0.416 e. The molecule has 178 valence electrons. The van der Waals surface area contributed by atoms with Crippen molar-refractivity contribution in [2.24, 2.45) is 16.1 Å². The molecule has 2 heterocycles. The van der Waals surface area contributed by atoms with E-state index >= 15 is 0 Å². The third kappa shape index (κ3) is 5.79. The number of halogens is 3. The summed E-state index contributed by atoms with van der Waals surface area (Å²) in [6, 6.07) is 14.8. The van der Waals surface area contributed by atoms with Gasteiger partial charge in [0.25, 0.3) is 5.95 Å². The van der Waals surface area contributed by atoms with Crippen molar-refractivity contribution in [2.45, 2.75) is 38.9 Å². The Morgan fingerprint density at radius 2 is 1.86 bits per heavy atom. The highest BCUT2D eigenvalue weighted by Crippen LogP contribution is 2.33. The van der Waals surface area contributed by atoms with Crippen LogP contribution in [0.1, 0.15) is 35.4 Å². The summed E-state index contributed by atoms with van der Waals surface area (Å²) in [6.07, 6.45) is 0.841. The number of azo groups is 1. The molecule has 0 atom stereocenters. The summed E-state index contributed by atoms with van der Waals surface area (Å²) in [7, 11) is 0. The summed E-state index contributed by atoms with van der Waals surface area (Å²) >= 11 is 0. The number of nitrogens with zero attached hydrogens (tertiary/aromatic N) is 5. The molecule has 6 nitrogen and oxygen atoms in total. The Bertz CT molecular complexity index is 1380. The summed E-state index contributed by atoms with van der Waals surface area (Å²) in [5.41, 5.74) is 3.85. The first-order chi connectivity index (χ1) is 16.8. The summed E-state index contributed by atoms with van der Waals surface area (Å²) < 4.78 is 38.7. The molecule has 0 amide bonds. The monoisotopic (exact) mass is 476 g/mol. The second kappa shape index (κ2) is 9.40. The molecule has 5 rings (SSSR count). The predicted octanol–water partition coefficient (Wildman–Crippen LogP) is 7.33. The van der Waals surface area contributed by atoms with Gasteiger partial charge in [-0.3, -0.25) is 4.98 Å². The second-order valence-electron chi connectivity index (χ2n) is 8.75. The number of anilines is 2. The predicted molar refractivity (Wildman–Crippen MR) is 128 cm³/mol. The van der Waals surface area contributed by atoms with Crippen LogP contribution >= 0.6 is 0 Å². The molecule has 0 unspecified atom stereocenters. The van der Waals surface area contributed by atoms with Gasteiger partial charge in [-0.25, -0.2) is 9.97 Å². The maximum absolute atomic E-state index is 12.9. The number of pyridine rings is 1. The van der Waals surface area contributed by atoms with E-state index in [0.29, 0.717) is 23.0 Å². The van der Waals surface area contributed by atoms with E-state index in [1.54, 1.807) is 24.4 Å². The molecule has 9 heteroatoms. The lowest BCUT2D eigenvalue weighted by Gasteiger charge is -2.10. The van der Waals surface area contributed by atoms with Gasteiger partial charge in [-0.15, -0.1) is 5.11 Å². The van der Waals surface area contributed by atoms with Crippen molar-refractivity contribution in [2.75, 3.05) is 5.32 Å². The van der Waals surface area contributed by atoms with Gasteiger partial charge in [0.1, 0.15) is 6.54 Å². The third-order valence-corrected chi connectivity index (χ3v) is 5.86. The minimum absolute atomic E-state index is 0.228. The fourth-order valence-corrected chi connectivity index (χ4v) is 3.85. The first-order valence-electron chi connectivity index (χ1n) is 11.4. The Balaban J connectivity index is 1.24. The molecule has 1 N–H and O–H groups in total. The fraction of sp³-hybridized carbons (Fsp3) is 0.269. The number of fused-ring (bicyclic) bond motifs is 1. The van der Waals surface area contributed by atoms with E-state index in [1.807, 2.05) is 6.92 Å². The van der Waals surface area contributed by atoms with E-state index in [2.05, 4.69) is 48.7 Å². The number of aromatic nitrogens is 3. The highest BCUT2D eigenvalue weighted by molar-refractivity contribution is 5.82. The highest BCUT2D eigenvalue weighted by Gasteiger charge is 2.30. The maximum atomic E-state index is 12.9. The SMILES string of the molecule is Cc1nc(N=NCc2ccc(Nc3cccc(C(F)(F)F)c3)cn2)nc2cc(CC3CC3)ccc12. The second-order valence-corrected chi connectivity index (χ2v) is 8.75. The zero-order valence-corrected chi connectivity index (χ0v) is 19.0. The number of hydrogen-bond donors (Lipinski definition) is 1. The minimum Gasteiger partial charge on any atom is -0.354 e. The van der Waals surface area contributed by atoms with Crippen molar-refractivity contribution < 1.29 is 13.2 Å². The lowest BCUT2D eigenvalue weighted by molar-refractivity contribution is -0.137. The number of hydrogen-bond acceptors (Lipinski definition) is 6. The molecule has 1 fully saturated rings. The Hall–Kier alpha value is -3.88. The molecule has 0 radical (unpaired) electrons. The summed E-state index contributed by atoms with van der Waals surface area (Å²) in [5.74, 6) is 1.11. The van der Waals surface area contributed by atoms with Crippen molar-refractivity contribution in [3.63, 3.8) is 0 Å². The van der Waals surface area contributed by atoms with Crippen molar-refractivity contribution >= 4 is 28.2 Å². The molecule has 0 spiro atoms. The standard InChI is InChI=1S/C26H23F3N6/c1-16-23-10-7-18(11-17-5-6-17)12-24(23)34-25(32-16)35-31-15-21-8-9-22(14-30-21)33-20-4-2-3-19(13-20)26(27,28)29/h2-4,7-10,12-14,17,33H,5-6,11,15H2,1H3.